The van der Waals surface area contributed by atoms with E-state index < -0.39 is 18.1 Å². The highest BCUT2D eigenvalue weighted by Gasteiger charge is 2.30. The minimum Gasteiger partial charge on any atom is -0.504 e. The van der Waals surface area contributed by atoms with Gasteiger partial charge in [-0.2, -0.15) is 5.26 Å². The number of hydrogen-bond acceptors (Lipinski definition) is 5. The first kappa shape index (κ1) is 13.8. The molecule has 0 aliphatic carbocycles. The van der Waals surface area contributed by atoms with Crippen molar-refractivity contribution in [1.82, 2.24) is 5.32 Å². The number of aromatic hydroxyl groups is 2. The number of carbonyl (C=O) groups excluding carboxylic acids is 1. The summed E-state index contributed by atoms with van der Waals surface area (Å²) in [5.74, 6) is -1.03. The van der Waals surface area contributed by atoms with Gasteiger partial charge in [0, 0.05) is 13.3 Å². The Kier molecular flexibility index (Phi) is 4.13. The van der Waals surface area contributed by atoms with Gasteiger partial charge in [-0.3, -0.25) is 4.79 Å². The molecular weight excluding hydrogens is 236 g/mol. The zero-order valence-electron chi connectivity index (χ0n) is 9.84. The molecule has 0 bridgehead atoms. The van der Waals surface area contributed by atoms with E-state index in [9.17, 15) is 15.0 Å². The first-order valence-corrected chi connectivity index (χ1v) is 5.24. The summed E-state index contributed by atoms with van der Waals surface area (Å²) >= 11 is 0. The standard InChI is InChI=1S/C12H14N2O4/c1-8(16)14-12(6-13,7-15)5-9-2-3-10(17)11(18)4-9/h2-4,15,17-18H,5,7H2,1H3,(H,14,16). The Morgan fingerprint density at radius 1 is 1.44 bits per heavy atom. The smallest absolute Gasteiger partial charge is 0.218 e. The fourth-order valence-corrected chi connectivity index (χ4v) is 1.61. The van der Waals surface area contributed by atoms with Crippen molar-refractivity contribution in [2.45, 2.75) is 18.9 Å². The van der Waals surface area contributed by atoms with Crippen LogP contribution >= 0.6 is 0 Å². The molecule has 1 rings (SSSR count). The molecule has 0 fully saturated rings. The molecule has 0 heterocycles. The van der Waals surface area contributed by atoms with E-state index in [1.165, 1.54) is 25.1 Å². The van der Waals surface area contributed by atoms with Crippen molar-refractivity contribution < 1.29 is 20.1 Å². The fourth-order valence-electron chi connectivity index (χ4n) is 1.61. The lowest BCUT2D eigenvalue weighted by Gasteiger charge is -2.25. The molecule has 0 saturated heterocycles. The van der Waals surface area contributed by atoms with E-state index in [4.69, 9.17) is 10.4 Å². The maximum atomic E-state index is 11.0. The van der Waals surface area contributed by atoms with Crippen LogP contribution in [0.15, 0.2) is 18.2 Å². The van der Waals surface area contributed by atoms with Crippen molar-refractivity contribution in [2.75, 3.05) is 6.61 Å². The molecular formula is C12H14N2O4. The number of phenolic OH excluding ortho intramolecular Hbond substituents is 2. The molecule has 4 N–H and O–H groups in total. The van der Waals surface area contributed by atoms with Gasteiger partial charge in [0.1, 0.15) is 0 Å². The molecule has 0 radical (unpaired) electrons. The highest BCUT2D eigenvalue weighted by Crippen LogP contribution is 2.26. The molecule has 0 aliphatic rings. The van der Waals surface area contributed by atoms with Crippen LogP contribution in [0.1, 0.15) is 12.5 Å². The number of nitrogens with one attached hydrogen (secondary N) is 1. The number of carbonyl (C=O) groups is 1. The fraction of sp³-hybridized carbons (Fsp3) is 0.333. The SMILES string of the molecule is CC(=O)NC(C#N)(CO)Cc1ccc(O)c(O)c1. The average Bonchev–Trinajstić information content (AvgIpc) is 2.32. The van der Waals surface area contributed by atoms with Gasteiger partial charge in [0.15, 0.2) is 17.0 Å². The van der Waals surface area contributed by atoms with Crippen LogP contribution in [0, 0.1) is 11.3 Å². The van der Waals surface area contributed by atoms with Crippen LogP contribution in [-0.4, -0.2) is 33.4 Å². The topological polar surface area (TPSA) is 114 Å². The molecule has 18 heavy (non-hydrogen) atoms. The van der Waals surface area contributed by atoms with Crippen LogP contribution < -0.4 is 5.32 Å². The van der Waals surface area contributed by atoms with E-state index in [1.807, 2.05) is 6.07 Å². The molecule has 0 spiro atoms. The van der Waals surface area contributed by atoms with Gasteiger partial charge in [-0.1, -0.05) is 6.07 Å². The van der Waals surface area contributed by atoms with Crippen molar-refractivity contribution in [3.63, 3.8) is 0 Å². The molecule has 1 amide bonds. The zero-order valence-corrected chi connectivity index (χ0v) is 9.84. The molecule has 1 aromatic rings. The predicted octanol–water partition coefficient (Wildman–Crippen LogP) is 0.0311. The molecule has 1 atom stereocenters. The summed E-state index contributed by atoms with van der Waals surface area (Å²) in [5, 5.41) is 39.2. The van der Waals surface area contributed by atoms with Crippen molar-refractivity contribution in [3.8, 4) is 17.6 Å². The van der Waals surface area contributed by atoms with Crippen LogP contribution in [0.25, 0.3) is 0 Å². The van der Waals surface area contributed by atoms with Crippen molar-refractivity contribution in [1.29, 1.82) is 5.26 Å². The first-order valence-electron chi connectivity index (χ1n) is 5.24. The molecule has 96 valence electrons. The number of hydrogen-bond donors (Lipinski definition) is 4. The summed E-state index contributed by atoms with van der Waals surface area (Å²) in [7, 11) is 0. The van der Waals surface area contributed by atoms with Gasteiger partial charge in [-0.25, -0.2) is 0 Å². The highest BCUT2D eigenvalue weighted by molar-refractivity contribution is 5.74. The second-order valence-corrected chi connectivity index (χ2v) is 4.03. The van der Waals surface area contributed by atoms with E-state index in [2.05, 4.69) is 5.32 Å². The Hall–Kier alpha value is -2.26. The van der Waals surface area contributed by atoms with E-state index in [1.54, 1.807) is 0 Å². The summed E-state index contributed by atoms with van der Waals surface area (Å²) < 4.78 is 0. The van der Waals surface area contributed by atoms with Crippen LogP contribution in [0.4, 0.5) is 0 Å². The molecule has 6 heteroatoms. The van der Waals surface area contributed by atoms with E-state index in [0.717, 1.165) is 0 Å². The Morgan fingerprint density at radius 2 is 2.11 bits per heavy atom. The Balaban J connectivity index is 3.00. The van der Waals surface area contributed by atoms with Crippen LogP contribution in [0.2, 0.25) is 0 Å². The second-order valence-electron chi connectivity index (χ2n) is 4.03. The lowest BCUT2D eigenvalue weighted by atomic mass is 9.92. The van der Waals surface area contributed by atoms with E-state index in [0.29, 0.717) is 5.56 Å². The number of amides is 1. The molecule has 1 unspecified atom stereocenters. The third kappa shape index (κ3) is 3.12. The van der Waals surface area contributed by atoms with Gasteiger partial charge in [0.25, 0.3) is 0 Å². The van der Waals surface area contributed by atoms with E-state index >= 15 is 0 Å². The van der Waals surface area contributed by atoms with Crippen LogP contribution in [0.5, 0.6) is 11.5 Å². The number of benzene rings is 1. The largest absolute Gasteiger partial charge is 0.504 e. The van der Waals surface area contributed by atoms with Crippen molar-refractivity contribution >= 4 is 5.91 Å². The van der Waals surface area contributed by atoms with Gasteiger partial charge >= 0.3 is 0 Å². The maximum Gasteiger partial charge on any atom is 0.218 e. The Labute approximate surface area is 104 Å². The molecule has 0 aromatic heterocycles. The van der Waals surface area contributed by atoms with E-state index in [-0.39, 0.29) is 17.9 Å². The average molecular weight is 250 g/mol. The monoisotopic (exact) mass is 250 g/mol. The number of nitriles is 1. The summed E-state index contributed by atoms with van der Waals surface area (Å²) in [6.07, 6.45) is 0.0212. The molecule has 1 aromatic carbocycles. The van der Waals surface area contributed by atoms with Gasteiger partial charge in [0.2, 0.25) is 5.91 Å². The molecule has 0 aliphatic heterocycles. The van der Waals surface area contributed by atoms with Crippen LogP contribution in [0.3, 0.4) is 0 Å². The highest BCUT2D eigenvalue weighted by atomic mass is 16.3. The second kappa shape index (κ2) is 5.38. The Morgan fingerprint density at radius 3 is 2.56 bits per heavy atom. The summed E-state index contributed by atoms with van der Waals surface area (Å²) in [6.45, 7) is 0.695. The number of rotatable bonds is 4. The van der Waals surface area contributed by atoms with Crippen LogP contribution in [-0.2, 0) is 11.2 Å². The van der Waals surface area contributed by atoms with Gasteiger partial charge in [0.05, 0.1) is 12.7 Å². The normalized spacial score (nSPS) is 13.4. The Bertz CT molecular complexity index is 495. The van der Waals surface area contributed by atoms with Crippen molar-refractivity contribution in [3.05, 3.63) is 23.8 Å². The van der Waals surface area contributed by atoms with Gasteiger partial charge < -0.3 is 20.6 Å². The minimum atomic E-state index is -1.44. The first-order chi connectivity index (χ1) is 8.42. The summed E-state index contributed by atoms with van der Waals surface area (Å²) in [6, 6.07) is 5.90. The van der Waals surface area contributed by atoms with Crippen molar-refractivity contribution in [2.24, 2.45) is 0 Å². The summed E-state index contributed by atoms with van der Waals surface area (Å²) in [5.41, 5.74) is -0.926. The maximum absolute atomic E-state index is 11.0. The molecule has 0 saturated carbocycles. The third-order valence-electron chi connectivity index (χ3n) is 2.44. The van der Waals surface area contributed by atoms with Gasteiger partial charge in [-0.15, -0.1) is 0 Å². The zero-order chi connectivity index (χ0) is 13.8. The summed E-state index contributed by atoms with van der Waals surface area (Å²) in [4.78, 5) is 11.0. The number of aliphatic hydroxyl groups excluding tert-OH is 1. The number of nitrogens with zero attached hydrogens (tertiary/aromatic N) is 1. The third-order valence-corrected chi connectivity index (χ3v) is 2.44. The predicted molar refractivity (Wildman–Crippen MR) is 62.7 cm³/mol. The van der Waals surface area contributed by atoms with Gasteiger partial charge in [-0.05, 0) is 17.7 Å². The molecule has 6 nitrogen and oxygen atoms in total. The lowest BCUT2D eigenvalue weighted by molar-refractivity contribution is -0.120. The number of aliphatic hydroxyl groups is 1. The lowest BCUT2D eigenvalue weighted by Crippen LogP contribution is -2.51. The number of phenols is 2. The minimum absolute atomic E-state index is 0.0212. The quantitative estimate of drug-likeness (QED) is 0.563.